The molecule has 0 aliphatic rings. The highest BCUT2D eigenvalue weighted by atomic mass is 19.1. The van der Waals surface area contributed by atoms with Crippen LogP contribution in [-0.2, 0) is 9.53 Å². The average Bonchev–Trinajstić information content (AvgIpc) is 2.38. The molecular formula is C13H16FNO3. The van der Waals surface area contributed by atoms with Crippen LogP contribution in [0.15, 0.2) is 24.3 Å². The van der Waals surface area contributed by atoms with E-state index in [4.69, 9.17) is 0 Å². The van der Waals surface area contributed by atoms with Gasteiger partial charge in [-0.1, -0.05) is 0 Å². The maximum atomic E-state index is 12.7. The SMILES string of the molecule is COC(=O)CCCN(C)C(=O)c1ccc(F)cc1. The lowest BCUT2D eigenvalue weighted by atomic mass is 10.2. The largest absolute Gasteiger partial charge is 0.469 e. The smallest absolute Gasteiger partial charge is 0.305 e. The zero-order valence-electron chi connectivity index (χ0n) is 10.5. The zero-order valence-corrected chi connectivity index (χ0v) is 10.5. The summed E-state index contributed by atoms with van der Waals surface area (Å²) >= 11 is 0. The molecule has 18 heavy (non-hydrogen) atoms. The van der Waals surface area contributed by atoms with Crippen LogP contribution in [0.2, 0.25) is 0 Å². The van der Waals surface area contributed by atoms with E-state index >= 15 is 0 Å². The fourth-order valence-electron chi connectivity index (χ4n) is 1.48. The van der Waals surface area contributed by atoms with Crippen LogP contribution >= 0.6 is 0 Å². The van der Waals surface area contributed by atoms with Crippen LogP contribution < -0.4 is 0 Å². The van der Waals surface area contributed by atoms with E-state index in [1.165, 1.54) is 36.3 Å². The van der Waals surface area contributed by atoms with E-state index in [1.54, 1.807) is 7.05 Å². The number of esters is 1. The van der Waals surface area contributed by atoms with Crippen LogP contribution in [0.3, 0.4) is 0 Å². The molecule has 0 fully saturated rings. The number of nitrogens with zero attached hydrogens (tertiary/aromatic N) is 1. The van der Waals surface area contributed by atoms with Gasteiger partial charge >= 0.3 is 5.97 Å². The maximum absolute atomic E-state index is 12.7. The van der Waals surface area contributed by atoms with Gasteiger partial charge in [-0.15, -0.1) is 0 Å². The molecule has 5 heteroatoms. The van der Waals surface area contributed by atoms with Gasteiger partial charge in [0.2, 0.25) is 0 Å². The van der Waals surface area contributed by atoms with Crippen molar-refractivity contribution in [2.45, 2.75) is 12.8 Å². The predicted octanol–water partition coefficient (Wildman–Crippen LogP) is 1.85. The van der Waals surface area contributed by atoms with Gasteiger partial charge in [-0.25, -0.2) is 4.39 Å². The first-order valence-electron chi connectivity index (χ1n) is 5.62. The highest BCUT2D eigenvalue weighted by molar-refractivity contribution is 5.94. The Kier molecular flexibility index (Phi) is 5.30. The zero-order chi connectivity index (χ0) is 13.5. The summed E-state index contributed by atoms with van der Waals surface area (Å²) in [5.74, 6) is -0.864. The molecule has 1 aromatic carbocycles. The van der Waals surface area contributed by atoms with Crippen molar-refractivity contribution in [3.05, 3.63) is 35.6 Å². The van der Waals surface area contributed by atoms with E-state index in [0.717, 1.165) is 0 Å². The molecule has 0 aliphatic carbocycles. The summed E-state index contributed by atoms with van der Waals surface area (Å²) < 4.78 is 17.2. The minimum atomic E-state index is -0.375. The first kappa shape index (κ1) is 14.2. The molecule has 0 atom stereocenters. The van der Waals surface area contributed by atoms with Crippen molar-refractivity contribution in [1.82, 2.24) is 4.90 Å². The average molecular weight is 253 g/mol. The minimum absolute atomic E-state index is 0.195. The lowest BCUT2D eigenvalue weighted by Gasteiger charge is -2.16. The van der Waals surface area contributed by atoms with Crippen LogP contribution in [0.4, 0.5) is 4.39 Å². The van der Waals surface area contributed by atoms with Crippen LogP contribution in [0.25, 0.3) is 0 Å². The standard InChI is InChI=1S/C13H16FNO3/c1-15(9-3-4-12(16)18-2)13(17)10-5-7-11(14)8-6-10/h5-8H,3-4,9H2,1-2H3. The number of amides is 1. The molecule has 98 valence electrons. The molecule has 1 amide bonds. The Morgan fingerprint density at radius 3 is 2.44 bits per heavy atom. The molecule has 0 heterocycles. The summed E-state index contributed by atoms with van der Waals surface area (Å²) in [5, 5.41) is 0. The van der Waals surface area contributed by atoms with Crippen molar-refractivity contribution in [2.75, 3.05) is 20.7 Å². The van der Waals surface area contributed by atoms with Crippen molar-refractivity contribution in [2.24, 2.45) is 0 Å². The number of carbonyl (C=O) groups excluding carboxylic acids is 2. The Labute approximate surface area is 105 Å². The molecule has 4 nitrogen and oxygen atoms in total. The predicted molar refractivity (Wildman–Crippen MR) is 64.6 cm³/mol. The second-order valence-corrected chi connectivity index (χ2v) is 3.91. The van der Waals surface area contributed by atoms with Crippen LogP contribution in [-0.4, -0.2) is 37.5 Å². The third-order valence-electron chi connectivity index (χ3n) is 2.54. The van der Waals surface area contributed by atoms with E-state index in [-0.39, 0.29) is 24.1 Å². The van der Waals surface area contributed by atoms with Crippen LogP contribution in [0, 0.1) is 5.82 Å². The highest BCUT2D eigenvalue weighted by Crippen LogP contribution is 2.06. The van der Waals surface area contributed by atoms with Gasteiger partial charge in [0, 0.05) is 25.6 Å². The summed E-state index contributed by atoms with van der Waals surface area (Å²) in [7, 11) is 2.97. The number of ether oxygens (including phenoxy) is 1. The van der Waals surface area contributed by atoms with Crippen LogP contribution in [0.5, 0.6) is 0 Å². The third kappa shape index (κ3) is 4.16. The van der Waals surface area contributed by atoms with Gasteiger partial charge in [0.25, 0.3) is 5.91 Å². The molecular weight excluding hydrogens is 237 g/mol. The summed E-state index contributed by atoms with van der Waals surface area (Å²) in [6.45, 7) is 0.450. The van der Waals surface area contributed by atoms with E-state index in [1.807, 2.05) is 0 Å². The Hall–Kier alpha value is -1.91. The van der Waals surface area contributed by atoms with Gasteiger partial charge in [0.1, 0.15) is 5.82 Å². The summed E-state index contributed by atoms with van der Waals surface area (Å²) in [6.07, 6.45) is 0.813. The molecule has 0 saturated heterocycles. The molecule has 0 bridgehead atoms. The Morgan fingerprint density at radius 1 is 1.28 bits per heavy atom. The molecule has 0 aromatic heterocycles. The summed E-state index contributed by atoms with van der Waals surface area (Å²) in [6, 6.07) is 5.37. The van der Waals surface area contributed by atoms with Crippen molar-refractivity contribution in [3.8, 4) is 0 Å². The Morgan fingerprint density at radius 2 is 1.89 bits per heavy atom. The Bertz CT molecular complexity index is 417. The van der Waals surface area contributed by atoms with Gasteiger partial charge in [-0.2, -0.15) is 0 Å². The number of methoxy groups -OCH3 is 1. The highest BCUT2D eigenvalue weighted by Gasteiger charge is 2.11. The van der Waals surface area contributed by atoms with Crippen molar-refractivity contribution in [3.63, 3.8) is 0 Å². The maximum Gasteiger partial charge on any atom is 0.305 e. The lowest BCUT2D eigenvalue weighted by molar-refractivity contribution is -0.140. The topological polar surface area (TPSA) is 46.6 Å². The summed E-state index contributed by atoms with van der Waals surface area (Å²) in [4.78, 5) is 24.3. The summed E-state index contributed by atoms with van der Waals surface area (Å²) in [5.41, 5.74) is 0.428. The van der Waals surface area contributed by atoms with Crippen LogP contribution in [0.1, 0.15) is 23.2 Å². The number of hydrogen-bond acceptors (Lipinski definition) is 3. The molecule has 1 aromatic rings. The van der Waals surface area contributed by atoms with Gasteiger partial charge in [-0.05, 0) is 30.7 Å². The Balaban J connectivity index is 2.46. The number of rotatable bonds is 5. The van der Waals surface area contributed by atoms with Gasteiger partial charge in [0.05, 0.1) is 7.11 Å². The fraction of sp³-hybridized carbons (Fsp3) is 0.385. The van der Waals surface area contributed by atoms with Gasteiger partial charge < -0.3 is 9.64 Å². The minimum Gasteiger partial charge on any atom is -0.469 e. The quantitative estimate of drug-likeness (QED) is 0.752. The van der Waals surface area contributed by atoms with E-state index < -0.39 is 0 Å². The number of hydrogen-bond donors (Lipinski definition) is 0. The second-order valence-electron chi connectivity index (χ2n) is 3.91. The normalized spacial score (nSPS) is 9.94. The van der Waals surface area contributed by atoms with E-state index in [0.29, 0.717) is 18.5 Å². The molecule has 0 unspecified atom stereocenters. The van der Waals surface area contributed by atoms with Crippen molar-refractivity contribution < 1.29 is 18.7 Å². The van der Waals surface area contributed by atoms with E-state index in [2.05, 4.69) is 4.74 Å². The monoisotopic (exact) mass is 253 g/mol. The lowest BCUT2D eigenvalue weighted by Crippen LogP contribution is -2.28. The first-order valence-corrected chi connectivity index (χ1v) is 5.62. The third-order valence-corrected chi connectivity index (χ3v) is 2.54. The molecule has 0 N–H and O–H groups in total. The molecule has 0 radical (unpaired) electrons. The molecule has 0 saturated carbocycles. The van der Waals surface area contributed by atoms with Gasteiger partial charge in [-0.3, -0.25) is 9.59 Å². The molecule has 1 rings (SSSR count). The van der Waals surface area contributed by atoms with Gasteiger partial charge in [0.15, 0.2) is 0 Å². The number of halogens is 1. The van der Waals surface area contributed by atoms with E-state index in [9.17, 15) is 14.0 Å². The number of benzene rings is 1. The second kappa shape index (κ2) is 6.74. The molecule has 0 spiro atoms. The fourth-order valence-corrected chi connectivity index (χ4v) is 1.48. The first-order chi connectivity index (χ1) is 8.54. The van der Waals surface area contributed by atoms with Crippen molar-refractivity contribution in [1.29, 1.82) is 0 Å². The van der Waals surface area contributed by atoms with Crippen molar-refractivity contribution >= 4 is 11.9 Å². The number of carbonyl (C=O) groups is 2. The molecule has 0 aliphatic heterocycles.